The molecule has 0 bridgehead atoms. The lowest BCUT2D eigenvalue weighted by Gasteiger charge is -2.59. The number of Topliss-reactive ketones (excluding diaryl/α,β-unsaturated/α-hetero) is 1. The van der Waals surface area contributed by atoms with Crippen molar-refractivity contribution in [1.82, 2.24) is 0 Å². The summed E-state index contributed by atoms with van der Waals surface area (Å²) in [4.78, 5) is 26.1. The van der Waals surface area contributed by atoms with Crippen molar-refractivity contribution in [2.45, 2.75) is 77.2 Å². The number of rotatable bonds is 6. The van der Waals surface area contributed by atoms with Gasteiger partial charge in [-0.2, -0.15) is 0 Å². The number of para-hydroxylation sites is 1. The Balaban J connectivity index is 1.20. The van der Waals surface area contributed by atoms with Gasteiger partial charge in [0, 0.05) is 33.6 Å². The smallest absolute Gasteiger partial charge is 0.193 e. The van der Waals surface area contributed by atoms with Crippen LogP contribution in [0.4, 0.5) is 5.69 Å². The first-order valence-electron chi connectivity index (χ1n) is 15.7. The van der Waals surface area contributed by atoms with E-state index < -0.39 is 47.3 Å². The lowest BCUT2D eigenvalue weighted by Crippen LogP contribution is -2.63. The zero-order chi connectivity index (χ0) is 31.0. The summed E-state index contributed by atoms with van der Waals surface area (Å²) in [6, 6.07) is 13.3. The molecule has 4 aliphatic carbocycles. The second-order valence-corrected chi connectivity index (χ2v) is 13.8. The van der Waals surface area contributed by atoms with Crippen LogP contribution in [0.1, 0.15) is 62.5 Å². The summed E-state index contributed by atoms with van der Waals surface area (Å²) in [5, 5.41) is 22.2. The van der Waals surface area contributed by atoms with Gasteiger partial charge in [0.15, 0.2) is 23.5 Å². The lowest BCUT2D eigenvalue weighted by atomic mass is 9.46. The molecule has 0 amide bonds. The zero-order valence-corrected chi connectivity index (χ0v) is 25.5. The van der Waals surface area contributed by atoms with Crippen molar-refractivity contribution in [3.8, 4) is 5.75 Å². The van der Waals surface area contributed by atoms with Gasteiger partial charge >= 0.3 is 0 Å². The summed E-state index contributed by atoms with van der Waals surface area (Å²) >= 11 is 0. The van der Waals surface area contributed by atoms with E-state index in [0.717, 1.165) is 35.1 Å². The van der Waals surface area contributed by atoms with Crippen LogP contribution in [0.3, 0.4) is 0 Å². The van der Waals surface area contributed by atoms with Crippen LogP contribution in [0.5, 0.6) is 5.75 Å². The molecule has 0 spiro atoms. The molecule has 0 radical (unpaired) electrons. The number of nitrogen functional groups attached to an aromatic ring is 1. The highest BCUT2D eigenvalue weighted by molar-refractivity contribution is 6.01. The van der Waals surface area contributed by atoms with Gasteiger partial charge in [-0.05, 0) is 74.3 Å². The van der Waals surface area contributed by atoms with E-state index in [9.17, 15) is 19.8 Å². The maximum atomic E-state index is 13.9. The molecular weight excluding hydrogens is 558 g/mol. The molecule has 1 saturated heterocycles. The van der Waals surface area contributed by atoms with E-state index in [1.165, 1.54) is 0 Å². The van der Waals surface area contributed by atoms with E-state index in [4.69, 9.17) is 19.9 Å². The normalized spacial score (nSPS) is 38.8. The Hall–Kier alpha value is -3.30. The van der Waals surface area contributed by atoms with Crippen LogP contribution in [0.2, 0.25) is 0 Å². The summed E-state index contributed by atoms with van der Waals surface area (Å²) in [5.74, 6) is 0.305. The quantitative estimate of drug-likeness (QED) is 0.406. The summed E-state index contributed by atoms with van der Waals surface area (Å²) in [7, 11) is 0. The monoisotopic (exact) mass is 599 g/mol. The van der Waals surface area contributed by atoms with Crippen molar-refractivity contribution in [3.05, 3.63) is 83.0 Å². The molecule has 3 saturated carbocycles. The number of ether oxygens (including phenoxy) is 3. The molecule has 8 nitrogen and oxygen atoms in total. The Bertz CT molecular complexity index is 1580. The van der Waals surface area contributed by atoms with Crippen molar-refractivity contribution in [1.29, 1.82) is 0 Å². The van der Waals surface area contributed by atoms with Gasteiger partial charge in [-0.25, -0.2) is 0 Å². The number of ketones is 2. The first-order valence-corrected chi connectivity index (χ1v) is 15.7. The topological polar surface area (TPSA) is 128 Å². The fourth-order valence-electron chi connectivity index (χ4n) is 9.69. The molecule has 2 aromatic carbocycles. The summed E-state index contributed by atoms with van der Waals surface area (Å²) in [5.41, 5.74) is 7.75. The molecule has 1 aliphatic heterocycles. The highest BCUT2D eigenvalue weighted by Gasteiger charge is 2.76. The number of hydrogen-bond acceptors (Lipinski definition) is 8. The predicted octanol–water partition coefficient (Wildman–Crippen LogP) is 4.76. The number of hydrogen-bond donors (Lipinski definition) is 3. The Labute approximate surface area is 257 Å². The minimum atomic E-state index is -1.40. The van der Waals surface area contributed by atoms with Crippen LogP contribution in [0.15, 0.2) is 66.3 Å². The third kappa shape index (κ3) is 4.04. The second-order valence-electron chi connectivity index (χ2n) is 13.8. The van der Waals surface area contributed by atoms with Gasteiger partial charge in [0.25, 0.3) is 0 Å². The first kappa shape index (κ1) is 29.4. The van der Waals surface area contributed by atoms with Gasteiger partial charge in [-0.3, -0.25) is 9.59 Å². The molecule has 5 aliphatic rings. The van der Waals surface area contributed by atoms with Gasteiger partial charge < -0.3 is 30.2 Å². The van der Waals surface area contributed by atoms with E-state index in [0.29, 0.717) is 30.9 Å². The summed E-state index contributed by atoms with van der Waals surface area (Å²) in [6.07, 6.45) is 5.72. The SMILES string of the molecule is Cc1c(OCc2ccccc2N)cccc1[C@@H]1O[C@@H]2C[C@H]3[C@@H]4CCC5=CC(=O)C=C[C@]5(C)[C@H]4[C@@H](O)C[C@]3(C)[C@]2(C(=O)CO)O1. The van der Waals surface area contributed by atoms with Gasteiger partial charge in [0.05, 0.1) is 12.2 Å². The molecule has 4 fully saturated rings. The van der Waals surface area contributed by atoms with Crippen molar-refractivity contribution in [2.24, 2.45) is 28.6 Å². The molecule has 2 aromatic rings. The van der Waals surface area contributed by atoms with Crippen molar-refractivity contribution in [2.75, 3.05) is 12.3 Å². The number of nitrogens with two attached hydrogens (primary N) is 1. The highest BCUT2D eigenvalue weighted by atomic mass is 16.7. The fourth-order valence-corrected chi connectivity index (χ4v) is 9.69. The van der Waals surface area contributed by atoms with Crippen LogP contribution in [-0.2, 0) is 25.7 Å². The molecule has 0 aromatic heterocycles. The number of aliphatic hydroxyl groups is 2. The van der Waals surface area contributed by atoms with Gasteiger partial charge in [-0.15, -0.1) is 0 Å². The standard InChI is InChI=1S/C36H41NO7/c1-20-24(8-6-10-29(20)42-19-21-7-4-5-9-27(21)37)33-43-31-16-26-25-12-11-22-15-23(39)13-14-34(22,2)32(25)28(40)17-35(26,3)36(31,44-33)30(41)18-38/h4-10,13-15,25-26,28,31-33,38,40H,11-12,16-19,37H2,1-3H3/t25-,26-,28-,31+,32+,33+,34-,35-,36+/m0/s1. The molecule has 44 heavy (non-hydrogen) atoms. The van der Waals surface area contributed by atoms with Gasteiger partial charge in [0.1, 0.15) is 19.0 Å². The van der Waals surface area contributed by atoms with E-state index in [1.807, 2.05) is 62.4 Å². The Morgan fingerprint density at radius 1 is 1.16 bits per heavy atom. The summed E-state index contributed by atoms with van der Waals surface area (Å²) in [6.45, 7) is 5.74. The van der Waals surface area contributed by atoms with Crippen LogP contribution in [-0.4, -0.2) is 46.2 Å². The predicted molar refractivity (Wildman–Crippen MR) is 163 cm³/mol. The number of benzene rings is 2. The number of carbonyl (C=O) groups is 2. The van der Waals surface area contributed by atoms with Crippen molar-refractivity contribution >= 4 is 17.3 Å². The maximum Gasteiger partial charge on any atom is 0.193 e. The number of anilines is 1. The molecule has 9 atom stereocenters. The van der Waals surface area contributed by atoms with Crippen LogP contribution >= 0.6 is 0 Å². The van der Waals surface area contributed by atoms with Gasteiger partial charge in [0.2, 0.25) is 0 Å². The highest BCUT2D eigenvalue weighted by Crippen LogP contribution is 2.70. The molecule has 7 rings (SSSR count). The van der Waals surface area contributed by atoms with Crippen LogP contribution in [0, 0.1) is 35.5 Å². The number of aliphatic hydroxyl groups excluding tert-OH is 2. The summed E-state index contributed by atoms with van der Waals surface area (Å²) < 4.78 is 19.6. The minimum Gasteiger partial charge on any atom is -0.489 e. The Kier molecular flexibility index (Phi) is 6.94. The number of allylic oxidation sites excluding steroid dienone is 4. The van der Waals surface area contributed by atoms with E-state index in [-0.39, 0.29) is 23.5 Å². The molecular formula is C36H41NO7. The molecule has 232 valence electrons. The van der Waals surface area contributed by atoms with Crippen LogP contribution < -0.4 is 10.5 Å². The number of fused-ring (bicyclic) bond motifs is 7. The Morgan fingerprint density at radius 3 is 2.73 bits per heavy atom. The van der Waals surface area contributed by atoms with Crippen molar-refractivity contribution < 1.29 is 34.0 Å². The second kappa shape index (κ2) is 10.4. The van der Waals surface area contributed by atoms with E-state index in [2.05, 4.69) is 6.92 Å². The average Bonchev–Trinajstić information content (AvgIpc) is 3.50. The Morgan fingerprint density at radius 2 is 1.95 bits per heavy atom. The molecule has 1 heterocycles. The molecule has 4 N–H and O–H groups in total. The minimum absolute atomic E-state index is 0.00393. The third-order valence-electron chi connectivity index (χ3n) is 11.8. The van der Waals surface area contributed by atoms with Crippen molar-refractivity contribution in [3.63, 3.8) is 0 Å². The third-order valence-corrected chi connectivity index (χ3v) is 11.8. The first-order chi connectivity index (χ1) is 21.0. The van der Waals surface area contributed by atoms with Crippen LogP contribution in [0.25, 0.3) is 0 Å². The average molecular weight is 600 g/mol. The largest absolute Gasteiger partial charge is 0.489 e. The maximum absolute atomic E-state index is 13.9. The zero-order valence-electron chi connectivity index (χ0n) is 25.5. The fraction of sp³-hybridized carbons (Fsp3) is 0.500. The van der Waals surface area contributed by atoms with E-state index in [1.54, 1.807) is 12.2 Å². The van der Waals surface area contributed by atoms with Gasteiger partial charge in [-0.1, -0.05) is 55.8 Å². The molecule has 8 heteroatoms. The van der Waals surface area contributed by atoms with E-state index >= 15 is 0 Å². The lowest BCUT2D eigenvalue weighted by molar-refractivity contribution is -0.201. The number of carbonyl (C=O) groups excluding carboxylic acids is 2. The molecule has 0 unspecified atom stereocenters.